The highest BCUT2D eigenvalue weighted by molar-refractivity contribution is 5.04. The van der Waals surface area contributed by atoms with Gasteiger partial charge in [0.1, 0.15) is 0 Å². The van der Waals surface area contributed by atoms with Crippen LogP contribution in [0.15, 0.2) is 10.9 Å². The Labute approximate surface area is 58.6 Å². The summed E-state index contributed by atoms with van der Waals surface area (Å²) in [4.78, 5) is 10.7. The summed E-state index contributed by atoms with van der Waals surface area (Å²) in [7, 11) is 1.76. The molecule has 0 aliphatic rings. The van der Waals surface area contributed by atoms with Gasteiger partial charge in [0.05, 0.1) is 5.69 Å². The third-order valence-electron chi connectivity index (χ3n) is 1.41. The Morgan fingerprint density at radius 3 is 2.60 bits per heavy atom. The van der Waals surface area contributed by atoms with Crippen molar-refractivity contribution >= 4 is 0 Å². The molecule has 4 heteroatoms. The fourth-order valence-corrected chi connectivity index (χ4v) is 0.930. The van der Waals surface area contributed by atoms with Gasteiger partial charge in [-0.15, -0.1) is 0 Å². The van der Waals surface area contributed by atoms with Gasteiger partial charge in [-0.05, 0) is 6.92 Å². The van der Waals surface area contributed by atoms with Crippen molar-refractivity contribution in [3.05, 3.63) is 22.1 Å². The van der Waals surface area contributed by atoms with E-state index in [1.54, 1.807) is 11.7 Å². The van der Waals surface area contributed by atoms with E-state index in [4.69, 9.17) is 5.73 Å². The van der Waals surface area contributed by atoms with Crippen molar-refractivity contribution in [2.45, 2.75) is 13.0 Å². The quantitative estimate of drug-likeness (QED) is 0.565. The zero-order chi connectivity index (χ0) is 7.72. The van der Waals surface area contributed by atoms with E-state index in [1.165, 1.54) is 6.07 Å². The van der Waals surface area contributed by atoms with Crippen LogP contribution < -0.4 is 11.3 Å². The van der Waals surface area contributed by atoms with E-state index >= 15 is 0 Å². The maximum Gasteiger partial charge on any atom is 0.264 e. The average Bonchev–Trinajstić information content (AvgIpc) is 2.10. The fraction of sp³-hybridized carbons (Fsp3) is 0.500. The van der Waals surface area contributed by atoms with E-state index in [0.29, 0.717) is 0 Å². The summed E-state index contributed by atoms with van der Waals surface area (Å²) in [6.45, 7) is 1.84. The molecule has 56 valence electrons. The van der Waals surface area contributed by atoms with Crippen LogP contribution in [0.5, 0.6) is 0 Å². The molecule has 0 fully saturated rings. The second kappa shape index (κ2) is 2.30. The topological polar surface area (TPSA) is 63.8 Å². The van der Waals surface area contributed by atoms with Crippen LogP contribution in [0.3, 0.4) is 0 Å². The first kappa shape index (κ1) is 7.08. The highest BCUT2D eigenvalue weighted by atomic mass is 16.1. The van der Waals surface area contributed by atoms with Crippen LogP contribution in [-0.4, -0.2) is 9.78 Å². The lowest BCUT2D eigenvalue weighted by molar-refractivity contribution is 0.651. The monoisotopic (exact) mass is 141 g/mol. The molecule has 1 aromatic rings. The Balaban J connectivity index is 3.15. The minimum Gasteiger partial charge on any atom is -0.323 e. The number of hydrogen-bond donors (Lipinski definition) is 2. The zero-order valence-corrected chi connectivity index (χ0v) is 6.09. The maximum atomic E-state index is 10.7. The Morgan fingerprint density at radius 1 is 1.80 bits per heavy atom. The lowest BCUT2D eigenvalue weighted by Gasteiger charge is -2.03. The van der Waals surface area contributed by atoms with E-state index in [1.807, 2.05) is 6.92 Å². The van der Waals surface area contributed by atoms with Gasteiger partial charge < -0.3 is 5.73 Å². The summed E-state index contributed by atoms with van der Waals surface area (Å²) >= 11 is 0. The number of aromatic nitrogens is 2. The lowest BCUT2D eigenvalue weighted by atomic mass is 10.2. The molecule has 1 heterocycles. The minimum absolute atomic E-state index is 0.0936. The smallest absolute Gasteiger partial charge is 0.264 e. The molecule has 0 bridgehead atoms. The zero-order valence-electron chi connectivity index (χ0n) is 6.09. The third-order valence-corrected chi connectivity index (χ3v) is 1.41. The SMILES string of the molecule is CC(N)c1cc(=O)[nH]n1C. The molecule has 10 heavy (non-hydrogen) atoms. The molecule has 4 nitrogen and oxygen atoms in total. The lowest BCUT2D eigenvalue weighted by Crippen LogP contribution is -2.10. The molecule has 1 atom stereocenters. The van der Waals surface area contributed by atoms with Crippen molar-refractivity contribution in [3.8, 4) is 0 Å². The molecule has 0 radical (unpaired) electrons. The number of hydrogen-bond acceptors (Lipinski definition) is 2. The van der Waals surface area contributed by atoms with Crippen molar-refractivity contribution in [1.82, 2.24) is 9.78 Å². The van der Waals surface area contributed by atoms with E-state index in [0.717, 1.165) is 5.69 Å². The van der Waals surface area contributed by atoms with Gasteiger partial charge >= 0.3 is 0 Å². The van der Waals surface area contributed by atoms with Gasteiger partial charge in [0.2, 0.25) is 0 Å². The van der Waals surface area contributed by atoms with Crippen molar-refractivity contribution in [2.24, 2.45) is 12.8 Å². The third kappa shape index (κ3) is 1.11. The van der Waals surface area contributed by atoms with E-state index in [2.05, 4.69) is 5.10 Å². The molecule has 0 saturated carbocycles. The van der Waals surface area contributed by atoms with Crippen molar-refractivity contribution in [2.75, 3.05) is 0 Å². The number of nitrogens with one attached hydrogen (secondary N) is 1. The minimum atomic E-state index is -0.102. The Morgan fingerprint density at radius 2 is 2.40 bits per heavy atom. The number of rotatable bonds is 1. The molecular formula is C6H11N3O. The Hall–Kier alpha value is -1.03. The number of aryl methyl sites for hydroxylation is 1. The molecule has 0 aliphatic heterocycles. The largest absolute Gasteiger partial charge is 0.323 e. The van der Waals surface area contributed by atoms with Crippen molar-refractivity contribution in [3.63, 3.8) is 0 Å². The summed E-state index contributed by atoms with van der Waals surface area (Å²) in [5, 5.41) is 2.57. The van der Waals surface area contributed by atoms with Gasteiger partial charge in [-0.25, -0.2) is 0 Å². The molecule has 0 saturated heterocycles. The molecule has 1 unspecified atom stereocenters. The van der Waals surface area contributed by atoms with E-state index in [-0.39, 0.29) is 11.6 Å². The highest BCUT2D eigenvalue weighted by Crippen LogP contribution is 2.02. The first-order valence-electron chi connectivity index (χ1n) is 3.13. The molecule has 3 N–H and O–H groups in total. The van der Waals surface area contributed by atoms with E-state index < -0.39 is 0 Å². The van der Waals surface area contributed by atoms with Crippen LogP contribution in [-0.2, 0) is 7.05 Å². The van der Waals surface area contributed by atoms with Gasteiger partial charge in [-0.3, -0.25) is 14.6 Å². The number of aromatic amines is 1. The van der Waals surface area contributed by atoms with Gasteiger partial charge in [-0.1, -0.05) is 0 Å². The molecule has 0 amide bonds. The van der Waals surface area contributed by atoms with Crippen LogP contribution >= 0.6 is 0 Å². The molecular weight excluding hydrogens is 130 g/mol. The first-order valence-corrected chi connectivity index (χ1v) is 3.13. The number of H-pyrrole nitrogens is 1. The summed E-state index contributed by atoms with van der Waals surface area (Å²) in [6.07, 6.45) is 0. The van der Waals surface area contributed by atoms with Gasteiger partial charge in [0, 0.05) is 19.2 Å². The van der Waals surface area contributed by atoms with Gasteiger partial charge in [0.15, 0.2) is 0 Å². The van der Waals surface area contributed by atoms with Gasteiger partial charge in [-0.2, -0.15) is 0 Å². The summed E-state index contributed by atoms with van der Waals surface area (Å²) in [5.74, 6) is 0. The molecule has 1 rings (SSSR count). The Bertz CT molecular complexity index is 271. The van der Waals surface area contributed by atoms with Crippen molar-refractivity contribution < 1.29 is 0 Å². The van der Waals surface area contributed by atoms with Crippen LogP contribution in [0.25, 0.3) is 0 Å². The predicted molar refractivity (Wildman–Crippen MR) is 38.6 cm³/mol. The predicted octanol–water partition coefficient (Wildman–Crippen LogP) is -0.267. The molecule has 0 spiro atoms. The number of nitrogens with two attached hydrogens (primary N) is 1. The summed E-state index contributed by atoms with van der Waals surface area (Å²) in [5.41, 5.74) is 6.27. The second-order valence-corrected chi connectivity index (χ2v) is 2.39. The number of nitrogens with zero attached hydrogens (tertiary/aromatic N) is 1. The summed E-state index contributed by atoms with van der Waals surface area (Å²) < 4.78 is 1.63. The van der Waals surface area contributed by atoms with Crippen LogP contribution in [0.1, 0.15) is 18.7 Å². The molecule has 0 aromatic carbocycles. The van der Waals surface area contributed by atoms with Crippen LogP contribution in [0.4, 0.5) is 0 Å². The summed E-state index contributed by atoms with van der Waals surface area (Å²) in [6, 6.07) is 1.41. The Kier molecular flexibility index (Phi) is 1.63. The van der Waals surface area contributed by atoms with Crippen molar-refractivity contribution in [1.29, 1.82) is 0 Å². The average molecular weight is 141 g/mol. The fourth-order valence-electron chi connectivity index (χ4n) is 0.930. The standard InChI is InChI=1S/C6H11N3O/c1-4(7)5-3-6(10)8-9(5)2/h3-4H,7H2,1-2H3,(H,8,10). The normalized spacial score (nSPS) is 13.5. The van der Waals surface area contributed by atoms with Gasteiger partial charge in [0.25, 0.3) is 5.56 Å². The first-order chi connectivity index (χ1) is 4.61. The second-order valence-electron chi connectivity index (χ2n) is 2.39. The van der Waals surface area contributed by atoms with Crippen LogP contribution in [0.2, 0.25) is 0 Å². The maximum absolute atomic E-state index is 10.7. The molecule has 0 aliphatic carbocycles. The van der Waals surface area contributed by atoms with E-state index in [9.17, 15) is 4.79 Å². The van der Waals surface area contributed by atoms with Crippen LogP contribution in [0, 0.1) is 0 Å². The highest BCUT2D eigenvalue weighted by Gasteiger charge is 2.03. The molecule has 1 aromatic heterocycles.